The Balaban J connectivity index is 1.95. The molecule has 2 N–H and O–H groups in total. The van der Waals surface area contributed by atoms with Crippen molar-refractivity contribution in [2.45, 2.75) is 0 Å². The molecular weight excluding hydrogens is 326 g/mol. The number of carboxylic acid groups (broad SMARTS) is 1. The van der Waals surface area contributed by atoms with Crippen LogP contribution in [0.2, 0.25) is 0 Å². The number of hydrogen-bond donors (Lipinski definition) is 2. The molecule has 0 atom stereocenters. The predicted molar refractivity (Wildman–Crippen MR) is 75.2 cm³/mol. The quantitative estimate of drug-likeness (QED) is 0.764. The monoisotopic (exact) mass is 333 g/mol. The first-order valence-corrected chi connectivity index (χ1v) is 6.38. The highest BCUT2D eigenvalue weighted by molar-refractivity contribution is 9.10. The van der Waals surface area contributed by atoms with Crippen molar-refractivity contribution in [2.24, 2.45) is 0 Å². The molecule has 0 fully saturated rings. The number of nitrogens with one attached hydrogen (secondary N) is 1. The van der Waals surface area contributed by atoms with Crippen LogP contribution in [0.5, 0.6) is 0 Å². The van der Waals surface area contributed by atoms with Gasteiger partial charge in [-0.05, 0) is 28.1 Å². The van der Waals surface area contributed by atoms with E-state index in [4.69, 9.17) is 5.11 Å². The van der Waals surface area contributed by atoms with Gasteiger partial charge < -0.3 is 10.4 Å². The Kier molecular flexibility index (Phi) is 3.07. The summed E-state index contributed by atoms with van der Waals surface area (Å²) in [6.07, 6.45) is 6.56. The number of carboxylic acids is 1. The van der Waals surface area contributed by atoms with Crippen LogP contribution in [-0.4, -0.2) is 30.4 Å². The number of carbonyl (C=O) groups is 1. The number of aromatic nitrogens is 4. The van der Waals surface area contributed by atoms with E-state index in [9.17, 15) is 4.79 Å². The van der Waals surface area contributed by atoms with Crippen LogP contribution in [0.1, 0.15) is 10.5 Å². The molecule has 0 saturated heterocycles. The molecule has 0 saturated carbocycles. The van der Waals surface area contributed by atoms with Crippen LogP contribution < -0.4 is 5.32 Å². The van der Waals surface area contributed by atoms with E-state index < -0.39 is 5.97 Å². The van der Waals surface area contributed by atoms with Crippen LogP contribution in [-0.2, 0) is 0 Å². The zero-order chi connectivity index (χ0) is 14.1. The number of anilines is 2. The van der Waals surface area contributed by atoms with E-state index in [0.717, 1.165) is 4.60 Å². The van der Waals surface area contributed by atoms with Gasteiger partial charge >= 0.3 is 5.97 Å². The number of pyridine rings is 1. The van der Waals surface area contributed by atoms with Crippen LogP contribution >= 0.6 is 15.9 Å². The summed E-state index contributed by atoms with van der Waals surface area (Å²) >= 11 is 3.38. The maximum Gasteiger partial charge on any atom is 0.354 e. The third-order valence-corrected chi connectivity index (χ3v) is 3.22. The molecule has 0 spiro atoms. The summed E-state index contributed by atoms with van der Waals surface area (Å²) in [4.78, 5) is 23.0. The standard InChI is InChI=1S/C12H8BrN5O2/c13-9-6-16-10(11-14-3-4-18(9)11)17-7-1-2-8(12(19)20)15-5-7/h1-6H,(H,16,17)(H,19,20). The molecule has 0 amide bonds. The highest BCUT2D eigenvalue weighted by Crippen LogP contribution is 2.21. The van der Waals surface area contributed by atoms with Gasteiger partial charge in [0, 0.05) is 12.4 Å². The van der Waals surface area contributed by atoms with Crippen molar-refractivity contribution in [3.63, 3.8) is 0 Å². The summed E-state index contributed by atoms with van der Waals surface area (Å²) < 4.78 is 2.61. The molecule has 0 radical (unpaired) electrons. The van der Waals surface area contributed by atoms with Gasteiger partial charge in [-0.25, -0.2) is 19.7 Å². The Morgan fingerprint density at radius 3 is 2.80 bits per heavy atom. The molecule has 0 aromatic carbocycles. The fraction of sp³-hybridized carbons (Fsp3) is 0. The number of imidazole rings is 1. The molecule has 3 aromatic rings. The number of rotatable bonds is 3. The zero-order valence-electron chi connectivity index (χ0n) is 9.99. The van der Waals surface area contributed by atoms with Crippen LogP contribution in [0, 0.1) is 0 Å². The van der Waals surface area contributed by atoms with Crippen LogP contribution in [0.4, 0.5) is 11.5 Å². The number of halogens is 1. The molecule has 0 bridgehead atoms. The van der Waals surface area contributed by atoms with Crippen molar-refractivity contribution in [1.29, 1.82) is 0 Å². The van der Waals surface area contributed by atoms with E-state index in [1.165, 1.54) is 12.3 Å². The topological polar surface area (TPSA) is 92.4 Å². The van der Waals surface area contributed by atoms with Crippen LogP contribution in [0.3, 0.4) is 0 Å². The van der Waals surface area contributed by atoms with Gasteiger partial charge in [0.05, 0.1) is 18.1 Å². The van der Waals surface area contributed by atoms with E-state index in [1.54, 1.807) is 24.7 Å². The van der Waals surface area contributed by atoms with E-state index in [-0.39, 0.29) is 5.69 Å². The first-order chi connectivity index (χ1) is 9.65. The highest BCUT2D eigenvalue weighted by Gasteiger charge is 2.08. The van der Waals surface area contributed by atoms with Crippen molar-refractivity contribution in [1.82, 2.24) is 19.4 Å². The minimum atomic E-state index is -1.06. The molecule has 0 unspecified atom stereocenters. The van der Waals surface area contributed by atoms with E-state index in [1.807, 2.05) is 4.40 Å². The summed E-state index contributed by atoms with van der Waals surface area (Å²) in [5, 5.41) is 11.9. The summed E-state index contributed by atoms with van der Waals surface area (Å²) in [5.74, 6) is -0.503. The number of aromatic carboxylic acids is 1. The smallest absolute Gasteiger partial charge is 0.354 e. The third kappa shape index (κ3) is 2.21. The maximum absolute atomic E-state index is 10.7. The molecule has 20 heavy (non-hydrogen) atoms. The lowest BCUT2D eigenvalue weighted by atomic mass is 10.3. The predicted octanol–water partition coefficient (Wildman–Crippen LogP) is 2.33. The Morgan fingerprint density at radius 2 is 2.10 bits per heavy atom. The van der Waals surface area contributed by atoms with Gasteiger partial charge in [0.25, 0.3) is 0 Å². The second-order valence-electron chi connectivity index (χ2n) is 3.91. The fourth-order valence-electron chi connectivity index (χ4n) is 1.71. The first-order valence-electron chi connectivity index (χ1n) is 5.59. The highest BCUT2D eigenvalue weighted by atomic mass is 79.9. The molecule has 7 nitrogen and oxygen atoms in total. The molecule has 0 aliphatic heterocycles. The van der Waals surface area contributed by atoms with Crippen molar-refractivity contribution in [3.05, 3.63) is 47.2 Å². The number of hydrogen-bond acceptors (Lipinski definition) is 5. The zero-order valence-corrected chi connectivity index (χ0v) is 11.6. The minimum absolute atomic E-state index is 0.00901. The molecular formula is C12H8BrN5O2. The largest absolute Gasteiger partial charge is 0.477 e. The van der Waals surface area contributed by atoms with Crippen LogP contribution in [0.15, 0.2) is 41.5 Å². The Morgan fingerprint density at radius 1 is 1.25 bits per heavy atom. The maximum atomic E-state index is 10.7. The van der Waals surface area contributed by atoms with Gasteiger partial charge in [0.15, 0.2) is 11.5 Å². The number of fused-ring (bicyclic) bond motifs is 1. The van der Waals surface area contributed by atoms with Crippen molar-refractivity contribution in [2.75, 3.05) is 5.32 Å². The average Bonchev–Trinajstić information content (AvgIpc) is 2.93. The molecule has 8 heteroatoms. The summed E-state index contributed by atoms with van der Waals surface area (Å²) in [5.41, 5.74) is 1.28. The minimum Gasteiger partial charge on any atom is -0.477 e. The lowest BCUT2D eigenvalue weighted by Gasteiger charge is -2.07. The van der Waals surface area contributed by atoms with Gasteiger partial charge in [-0.1, -0.05) is 0 Å². The van der Waals surface area contributed by atoms with E-state index >= 15 is 0 Å². The Bertz CT molecular complexity index is 784. The summed E-state index contributed by atoms with van der Waals surface area (Å²) in [6, 6.07) is 3.05. The van der Waals surface area contributed by atoms with Crippen LogP contribution in [0.25, 0.3) is 5.65 Å². The molecule has 3 aromatic heterocycles. The summed E-state index contributed by atoms with van der Waals surface area (Å²) in [7, 11) is 0. The van der Waals surface area contributed by atoms with Gasteiger partial charge in [-0.2, -0.15) is 0 Å². The van der Waals surface area contributed by atoms with Crippen molar-refractivity contribution < 1.29 is 9.90 Å². The molecule has 3 rings (SSSR count). The normalized spacial score (nSPS) is 10.7. The lowest BCUT2D eigenvalue weighted by molar-refractivity contribution is 0.0690. The van der Waals surface area contributed by atoms with Crippen molar-refractivity contribution >= 4 is 39.1 Å². The molecule has 100 valence electrons. The third-order valence-electron chi connectivity index (χ3n) is 2.63. The molecule has 0 aliphatic carbocycles. The van der Waals surface area contributed by atoms with Gasteiger partial charge in [-0.3, -0.25) is 4.40 Å². The second-order valence-corrected chi connectivity index (χ2v) is 4.73. The van der Waals surface area contributed by atoms with Gasteiger partial charge in [-0.15, -0.1) is 0 Å². The second kappa shape index (κ2) is 4.89. The van der Waals surface area contributed by atoms with Gasteiger partial charge in [0.1, 0.15) is 10.3 Å². The Hall–Kier alpha value is -2.48. The van der Waals surface area contributed by atoms with E-state index in [0.29, 0.717) is 17.2 Å². The lowest BCUT2D eigenvalue weighted by Crippen LogP contribution is -2.02. The molecule has 3 heterocycles. The number of nitrogens with zero attached hydrogens (tertiary/aromatic N) is 4. The van der Waals surface area contributed by atoms with Crippen molar-refractivity contribution in [3.8, 4) is 0 Å². The van der Waals surface area contributed by atoms with E-state index in [2.05, 4.69) is 36.2 Å². The first kappa shape index (κ1) is 12.5. The average molecular weight is 334 g/mol. The fourth-order valence-corrected chi connectivity index (χ4v) is 2.10. The summed E-state index contributed by atoms with van der Waals surface area (Å²) in [6.45, 7) is 0. The molecule has 0 aliphatic rings. The SMILES string of the molecule is O=C(O)c1ccc(Nc2ncc(Br)n3ccnc23)cn1. The Labute approximate surface area is 121 Å². The van der Waals surface area contributed by atoms with Gasteiger partial charge in [0.2, 0.25) is 0 Å².